The molecule has 2 aromatic carbocycles. The van der Waals surface area contributed by atoms with Gasteiger partial charge in [0, 0.05) is 12.3 Å². The van der Waals surface area contributed by atoms with Gasteiger partial charge in [0.2, 0.25) is 0 Å². The molecule has 0 saturated heterocycles. The van der Waals surface area contributed by atoms with E-state index >= 15 is 0 Å². The number of rotatable bonds is 51. The average Bonchev–Trinajstić information content (AvgIpc) is 3.34. The van der Waals surface area contributed by atoms with Crippen LogP contribution in [0.25, 0.3) is 0 Å². The lowest BCUT2D eigenvalue weighted by molar-refractivity contribution is 0.552. The van der Waals surface area contributed by atoms with Gasteiger partial charge in [0.1, 0.15) is 11.5 Å². The lowest BCUT2D eigenvalue weighted by Gasteiger charge is -2.28. The molecule has 0 aliphatic heterocycles. The molecular weight excluding hydrogens is 943 g/mol. The summed E-state index contributed by atoms with van der Waals surface area (Å²) >= 11 is 13.6. The Labute approximate surface area is 442 Å². The Morgan fingerprint density at radius 1 is 0.309 bits per heavy atom. The van der Waals surface area contributed by atoms with Gasteiger partial charge in [-0.2, -0.15) is 0 Å². The molecule has 0 saturated carbocycles. The Bertz CT molecular complexity index is 1410. The first-order valence-electron chi connectivity index (χ1n) is 29.5. The lowest BCUT2D eigenvalue weighted by Crippen LogP contribution is -2.00. The number of hydrogen-bond acceptors (Lipinski definition) is 6. The van der Waals surface area contributed by atoms with Crippen molar-refractivity contribution in [3.8, 4) is 11.5 Å². The Kier molecular flexibility index (Phi) is 43.1. The second-order valence-electron chi connectivity index (χ2n) is 20.4. The fourth-order valence-electron chi connectivity index (χ4n) is 9.39. The highest BCUT2D eigenvalue weighted by atomic mass is 33.5. The lowest BCUT2D eigenvalue weighted by atomic mass is 10.0. The van der Waals surface area contributed by atoms with Crippen LogP contribution in [0.15, 0.2) is 48.5 Å². The number of para-hydroxylation sites is 2. The van der Waals surface area contributed by atoms with E-state index in [0.29, 0.717) is 0 Å². The van der Waals surface area contributed by atoms with Crippen LogP contribution in [0.1, 0.15) is 296 Å². The van der Waals surface area contributed by atoms with Gasteiger partial charge in [-0.15, -0.1) is 0 Å². The maximum Gasteiger partial charge on any atom is 0.178 e. The minimum absolute atomic E-state index is 0.950. The van der Waals surface area contributed by atoms with Gasteiger partial charge in [0.05, 0.1) is 0 Å². The SMILES string of the molecule is CCCCCCCCCCCCc1ccccc1OP(=S)(CCCCCCCCCCCC)SSP(=S)(CCCCCCCCCCCC)Oc1ccccc1CCCCCCCCCCCC. The summed E-state index contributed by atoms with van der Waals surface area (Å²) in [6.45, 7) is 9.22. The molecule has 394 valence electrons. The van der Waals surface area contributed by atoms with Crippen molar-refractivity contribution in [3.63, 3.8) is 0 Å². The van der Waals surface area contributed by atoms with E-state index in [1.54, 1.807) is 0 Å². The highest BCUT2D eigenvalue weighted by Gasteiger charge is 2.30. The topological polar surface area (TPSA) is 18.5 Å². The largest absolute Gasteiger partial charge is 0.456 e. The van der Waals surface area contributed by atoms with Crippen LogP contribution in [0.2, 0.25) is 0 Å². The third-order valence-corrected chi connectivity index (χ3v) is 31.5. The molecule has 2 atom stereocenters. The van der Waals surface area contributed by atoms with Crippen molar-refractivity contribution in [1.29, 1.82) is 0 Å². The zero-order valence-corrected chi connectivity index (χ0v) is 50.1. The highest BCUT2D eigenvalue weighted by Crippen LogP contribution is 2.76. The van der Waals surface area contributed by atoms with Crippen LogP contribution in [0.5, 0.6) is 11.5 Å². The highest BCUT2D eigenvalue weighted by molar-refractivity contribution is 9.18. The Hall–Kier alpha value is 0.0400. The van der Waals surface area contributed by atoms with E-state index in [4.69, 9.17) is 32.7 Å². The molecule has 0 aromatic heterocycles. The summed E-state index contributed by atoms with van der Waals surface area (Å²) in [5, 5.41) is 0. The molecule has 0 aliphatic rings. The fourth-order valence-corrected chi connectivity index (χ4v) is 29.5. The van der Waals surface area contributed by atoms with E-state index in [0.717, 1.165) is 49.5 Å². The molecule has 2 aromatic rings. The van der Waals surface area contributed by atoms with Crippen LogP contribution in [0.3, 0.4) is 0 Å². The molecule has 0 bridgehead atoms. The molecule has 0 N–H and O–H groups in total. The third kappa shape index (κ3) is 35.2. The summed E-state index contributed by atoms with van der Waals surface area (Å²) in [5.41, 5.74) is -2.00. The van der Waals surface area contributed by atoms with Crippen LogP contribution < -0.4 is 9.05 Å². The number of aryl methyl sites for hydroxylation is 2. The summed E-state index contributed by atoms with van der Waals surface area (Å²) in [6.07, 6.45) is 57.6. The molecule has 0 heterocycles. The fraction of sp³-hybridized carbons (Fsp3) is 0.800. The van der Waals surface area contributed by atoms with E-state index in [1.165, 1.54) is 255 Å². The van der Waals surface area contributed by atoms with Gasteiger partial charge in [-0.25, -0.2) is 0 Å². The third-order valence-electron chi connectivity index (χ3n) is 13.9. The van der Waals surface area contributed by atoms with Crippen LogP contribution in [-0.2, 0) is 36.5 Å². The van der Waals surface area contributed by atoms with E-state index in [1.807, 2.05) is 20.8 Å². The van der Waals surface area contributed by atoms with Gasteiger partial charge in [-0.1, -0.05) is 295 Å². The second-order valence-corrected chi connectivity index (χ2v) is 36.5. The van der Waals surface area contributed by atoms with Gasteiger partial charge >= 0.3 is 0 Å². The first kappa shape index (κ1) is 64.2. The smallest absolute Gasteiger partial charge is 0.178 e. The van der Waals surface area contributed by atoms with Gasteiger partial charge in [0.25, 0.3) is 0 Å². The van der Waals surface area contributed by atoms with Crippen LogP contribution >= 0.6 is 31.8 Å². The summed E-state index contributed by atoms with van der Waals surface area (Å²) in [6, 6.07) is 17.7. The molecule has 2 nitrogen and oxygen atoms in total. The van der Waals surface area contributed by atoms with Crippen LogP contribution in [0, 0.1) is 0 Å². The molecule has 2 rings (SSSR count). The van der Waals surface area contributed by atoms with E-state index in [-0.39, 0.29) is 0 Å². The maximum atomic E-state index is 7.23. The first-order valence-corrected chi connectivity index (χ1v) is 38.7. The molecule has 0 amide bonds. The minimum atomic E-state index is -2.33. The zero-order chi connectivity index (χ0) is 48.9. The van der Waals surface area contributed by atoms with Crippen molar-refractivity contribution >= 4 is 55.4 Å². The van der Waals surface area contributed by atoms with Gasteiger partial charge in [-0.3, -0.25) is 0 Å². The summed E-state index contributed by atoms with van der Waals surface area (Å²) in [7, 11) is 3.68. The first-order chi connectivity index (χ1) is 33.4. The maximum absolute atomic E-state index is 7.23. The molecule has 0 radical (unpaired) electrons. The average molecular weight is 1050 g/mol. The molecule has 0 fully saturated rings. The van der Waals surface area contributed by atoms with Gasteiger partial charge < -0.3 is 9.05 Å². The molecule has 0 aliphatic carbocycles. The Balaban J connectivity index is 2.17. The van der Waals surface area contributed by atoms with Crippen molar-refractivity contribution in [2.24, 2.45) is 0 Å². The summed E-state index contributed by atoms with van der Waals surface area (Å²) in [4.78, 5) is 0. The summed E-state index contributed by atoms with van der Waals surface area (Å²) in [5.74, 6) is 2.05. The van der Waals surface area contributed by atoms with E-state index in [2.05, 4.69) is 76.2 Å². The van der Waals surface area contributed by atoms with Crippen LogP contribution in [-0.4, -0.2) is 12.3 Å². The molecule has 2 unspecified atom stereocenters. The van der Waals surface area contributed by atoms with Crippen molar-refractivity contribution in [3.05, 3.63) is 59.7 Å². The van der Waals surface area contributed by atoms with E-state index in [9.17, 15) is 0 Å². The predicted molar refractivity (Wildman–Crippen MR) is 322 cm³/mol. The molecule has 0 spiro atoms. The quantitative estimate of drug-likeness (QED) is 0.0371. The van der Waals surface area contributed by atoms with Crippen molar-refractivity contribution in [2.75, 3.05) is 12.3 Å². The predicted octanol–water partition coefficient (Wildman–Crippen LogP) is 23.9. The van der Waals surface area contributed by atoms with Crippen LogP contribution in [0.4, 0.5) is 0 Å². The number of benzene rings is 2. The van der Waals surface area contributed by atoms with Crippen molar-refractivity contribution in [2.45, 2.75) is 297 Å². The monoisotopic (exact) mass is 1050 g/mol. The van der Waals surface area contributed by atoms with Crippen molar-refractivity contribution in [1.82, 2.24) is 0 Å². The Morgan fingerprint density at radius 3 is 0.794 bits per heavy atom. The molecule has 68 heavy (non-hydrogen) atoms. The second kappa shape index (κ2) is 45.6. The normalized spacial score (nSPS) is 13.4. The summed E-state index contributed by atoms with van der Waals surface area (Å²) < 4.78 is 14.5. The van der Waals surface area contributed by atoms with Gasteiger partial charge in [0.15, 0.2) is 10.9 Å². The standard InChI is InChI=1S/C60H108O2P2S4/c1-5-9-13-17-21-25-29-33-37-41-49-57-51-43-45-53-59(57)61-63(65,55-47-39-35-31-27-23-19-15-11-7-3)67-68-64(66,56-48-40-36-32-28-24-20-16-12-8-4)62-60-54-46-44-52-58(60)50-42-38-34-30-26-22-18-14-10-6-2/h43-46,51-54H,5-42,47-50,55-56H2,1-4H3. The minimum Gasteiger partial charge on any atom is -0.456 e. The molecule has 8 heteroatoms. The van der Waals surface area contributed by atoms with Crippen molar-refractivity contribution < 1.29 is 9.05 Å². The van der Waals surface area contributed by atoms with E-state index < -0.39 is 10.9 Å². The number of unbranched alkanes of at least 4 members (excludes halogenated alkanes) is 36. The molecular formula is C60H108O2P2S4. The zero-order valence-electron chi connectivity index (χ0n) is 45.1. The van der Waals surface area contributed by atoms with Gasteiger partial charge in [-0.05, 0) is 106 Å². The Morgan fingerprint density at radius 2 is 0.529 bits per heavy atom. The number of hydrogen-bond donors (Lipinski definition) is 0.